The van der Waals surface area contributed by atoms with Crippen molar-refractivity contribution in [2.75, 3.05) is 44.2 Å². The largest absolute Gasteiger partial charge is 0.344 e. The van der Waals surface area contributed by atoms with E-state index in [9.17, 15) is 9.59 Å². The fraction of sp³-hybridized carbons (Fsp3) is 0.630. The predicted octanol–water partition coefficient (Wildman–Crippen LogP) is 4.00. The van der Waals surface area contributed by atoms with Gasteiger partial charge in [-0.3, -0.25) is 15.0 Å². The highest BCUT2D eigenvalue weighted by molar-refractivity contribution is 6.07. The minimum absolute atomic E-state index is 0.208. The molecule has 4 fully saturated rings. The molecule has 1 saturated carbocycles. The van der Waals surface area contributed by atoms with Crippen LogP contribution in [0.5, 0.6) is 0 Å². The number of benzene rings is 1. The lowest BCUT2D eigenvalue weighted by Crippen LogP contribution is -2.49. The maximum atomic E-state index is 15.2. The lowest BCUT2D eigenvalue weighted by Gasteiger charge is -2.39. The number of nitrogens with zero attached hydrogens (tertiary/aromatic N) is 3. The Hall–Kier alpha value is -2.45. The molecule has 1 aromatic heterocycles. The molecule has 2 N–H and O–H groups in total. The fourth-order valence-electron chi connectivity index (χ4n) is 6.31. The highest BCUT2D eigenvalue weighted by Crippen LogP contribution is 2.46. The zero-order valence-electron chi connectivity index (χ0n) is 20.6. The van der Waals surface area contributed by atoms with Gasteiger partial charge in [0.1, 0.15) is 5.67 Å². The van der Waals surface area contributed by atoms with E-state index in [1.807, 2.05) is 0 Å². The number of imide groups is 1. The minimum atomic E-state index is -1.05. The number of fused-ring (bicyclic) bond motifs is 1. The highest BCUT2D eigenvalue weighted by Gasteiger charge is 2.36. The van der Waals surface area contributed by atoms with Gasteiger partial charge < -0.3 is 14.8 Å². The number of halogens is 1. The highest BCUT2D eigenvalue weighted by atomic mass is 19.1. The van der Waals surface area contributed by atoms with Crippen molar-refractivity contribution in [3.8, 4) is 0 Å². The first-order chi connectivity index (χ1) is 16.9. The second-order valence-electron chi connectivity index (χ2n) is 11.1. The topological polar surface area (TPSA) is 69.6 Å². The summed E-state index contributed by atoms with van der Waals surface area (Å²) in [6.07, 6.45) is 8.40. The molecule has 0 unspecified atom stereocenters. The smallest absolute Gasteiger partial charge is 0.328 e. The van der Waals surface area contributed by atoms with Crippen molar-refractivity contribution in [1.82, 2.24) is 20.1 Å². The average molecular weight is 482 g/mol. The maximum absolute atomic E-state index is 15.2. The number of alkyl halides is 1. The molecule has 8 heteroatoms. The van der Waals surface area contributed by atoms with Crippen LogP contribution < -0.4 is 15.5 Å². The second-order valence-corrected chi connectivity index (χ2v) is 11.1. The standard InChI is InChI=1S/C27H36FN5O2/c1-18-14-24-21(15-23(18)32-13-6-25(34)30-26(32)35)22(19-2-3-19)16-33(24)20-4-11-31(12-5-20)17-27(28)7-9-29-10-8-27/h14-16,19-20,29H,2-13,17H2,1H3,(H,30,34,35). The lowest BCUT2D eigenvalue weighted by atomic mass is 9.92. The van der Waals surface area contributed by atoms with Crippen molar-refractivity contribution in [2.45, 2.75) is 69.5 Å². The molecule has 0 bridgehead atoms. The van der Waals surface area contributed by atoms with Gasteiger partial charge in [0.2, 0.25) is 5.91 Å². The Labute approximate surface area is 206 Å². The van der Waals surface area contributed by atoms with Crippen LogP contribution in [-0.2, 0) is 4.79 Å². The molecule has 3 saturated heterocycles. The number of anilines is 1. The molecule has 188 valence electrons. The predicted molar refractivity (Wildman–Crippen MR) is 135 cm³/mol. The number of nitrogens with one attached hydrogen (secondary N) is 2. The lowest BCUT2D eigenvalue weighted by molar-refractivity contribution is -0.120. The second kappa shape index (κ2) is 8.89. The summed E-state index contributed by atoms with van der Waals surface area (Å²) < 4.78 is 17.7. The van der Waals surface area contributed by atoms with Crippen molar-refractivity contribution < 1.29 is 14.0 Å². The van der Waals surface area contributed by atoms with E-state index in [-0.39, 0.29) is 11.9 Å². The number of urea groups is 1. The summed E-state index contributed by atoms with van der Waals surface area (Å²) in [6.45, 7) is 6.45. The van der Waals surface area contributed by atoms with Gasteiger partial charge in [0.05, 0.1) is 0 Å². The fourth-order valence-corrected chi connectivity index (χ4v) is 6.31. The van der Waals surface area contributed by atoms with Crippen LogP contribution in [0.2, 0.25) is 0 Å². The first-order valence-corrected chi connectivity index (χ1v) is 13.3. The molecular formula is C27H36FN5O2. The van der Waals surface area contributed by atoms with Crippen LogP contribution in [0, 0.1) is 6.92 Å². The number of carbonyl (C=O) groups is 2. The van der Waals surface area contributed by atoms with Crippen LogP contribution in [0.3, 0.4) is 0 Å². The minimum Gasteiger partial charge on any atom is -0.344 e. The van der Waals surface area contributed by atoms with Crippen LogP contribution >= 0.6 is 0 Å². The number of likely N-dealkylation sites (tertiary alicyclic amines) is 1. The number of carbonyl (C=O) groups excluding carboxylic acids is 2. The summed E-state index contributed by atoms with van der Waals surface area (Å²) in [5.74, 6) is 0.387. The van der Waals surface area contributed by atoms with E-state index in [2.05, 4.69) is 45.4 Å². The Kier molecular flexibility index (Phi) is 5.84. The maximum Gasteiger partial charge on any atom is 0.328 e. The van der Waals surface area contributed by atoms with E-state index in [0.717, 1.165) is 50.3 Å². The zero-order valence-corrected chi connectivity index (χ0v) is 20.6. The molecule has 4 aliphatic rings. The van der Waals surface area contributed by atoms with E-state index in [4.69, 9.17) is 0 Å². The number of piperidine rings is 2. The molecule has 0 radical (unpaired) electrons. The number of hydrogen-bond acceptors (Lipinski definition) is 4. The van der Waals surface area contributed by atoms with E-state index in [1.54, 1.807) is 4.90 Å². The number of rotatable bonds is 5. The Balaban J connectivity index is 1.24. The Morgan fingerprint density at radius 1 is 1.06 bits per heavy atom. The third kappa shape index (κ3) is 4.47. The normalized spacial score (nSPS) is 24.2. The number of aryl methyl sites for hydroxylation is 1. The van der Waals surface area contributed by atoms with E-state index >= 15 is 4.39 Å². The van der Waals surface area contributed by atoms with E-state index in [1.165, 1.54) is 29.3 Å². The molecule has 6 rings (SSSR count). The monoisotopic (exact) mass is 481 g/mol. The van der Waals surface area contributed by atoms with Gasteiger partial charge in [0.15, 0.2) is 0 Å². The van der Waals surface area contributed by atoms with Crippen molar-refractivity contribution in [2.24, 2.45) is 0 Å². The summed E-state index contributed by atoms with van der Waals surface area (Å²) in [7, 11) is 0. The van der Waals surface area contributed by atoms with Gasteiger partial charge in [-0.2, -0.15) is 0 Å². The molecule has 0 spiro atoms. The summed E-state index contributed by atoms with van der Waals surface area (Å²) in [6, 6.07) is 4.47. The molecule has 7 nitrogen and oxygen atoms in total. The summed E-state index contributed by atoms with van der Waals surface area (Å²) in [4.78, 5) is 28.2. The third-order valence-electron chi connectivity index (χ3n) is 8.50. The molecule has 2 aromatic rings. The van der Waals surface area contributed by atoms with Crippen molar-refractivity contribution in [1.29, 1.82) is 0 Å². The molecule has 0 atom stereocenters. The van der Waals surface area contributed by atoms with Gasteiger partial charge in [-0.05, 0) is 87.7 Å². The van der Waals surface area contributed by atoms with Crippen LogP contribution in [0.25, 0.3) is 10.9 Å². The zero-order chi connectivity index (χ0) is 24.2. The Morgan fingerprint density at radius 2 is 1.80 bits per heavy atom. The van der Waals surface area contributed by atoms with Crippen molar-refractivity contribution >= 4 is 28.5 Å². The molecular weight excluding hydrogens is 445 g/mol. The first-order valence-electron chi connectivity index (χ1n) is 13.3. The molecule has 1 aliphatic carbocycles. The molecule has 3 amide bonds. The van der Waals surface area contributed by atoms with Crippen LogP contribution in [0.1, 0.15) is 68.0 Å². The van der Waals surface area contributed by atoms with E-state index in [0.29, 0.717) is 44.3 Å². The van der Waals surface area contributed by atoms with Gasteiger partial charge >= 0.3 is 6.03 Å². The number of hydrogen-bond donors (Lipinski definition) is 2. The molecule has 3 aliphatic heterocycles. The quantitative estimate of drug-likeness (QED) is 0.677. The molecule has 35 heavy (non-hydrogen) atoms. The Bertz CT molecular complexity index is 1140. The van der Waals surface area contributed by atoms with Gasteiger partial charge in [-0.25, -0.2) is 9.18 Å². The average Bonchev–Trinajstić information content (AvgIpc) is 3.61. The SMILES string of the molecule is Cc1cc2c(cc1N1CCC(=O)NC1=O)c(C1CC1)cn2C1CCN(CC2(F)CCNCC2)CC1. The van der Waals surface area contributed by atoms with E-state index < -0.39 is 5.67 Å². The van der Waals surface area contributed by atoms with Gasteiger partial charge in [-0.1, -0.05) is 0 Å². The molecule has 1 aromatic carbocycles. The number of amides is 3. The van der Waals surface area contributed by atoms with Crippen LogP contribution in [0.15, 0.2) is 18.3 Å². The van der Waals surface area contributed by atoms with Crippen LogP contribution in [0.4, 0.5) is 14.9 Å². The summed E-state index contributed by atoms with van der Waals surface area (Å²) in [5, 5.41) is 6.96. The van der Waals surface area contributed by atoms with Gasteiger partial charge in [0.25, 0.3) is 0 Å². The summed E-state index contributed by atoms with van der Waals surface area (Å²) in [5.41, 5.74) is 3.52. The van der Waals surface area contributed by atoms with Crippen LogP contribution in [-0.4, -0.2) is 66.3 Å². The first kappa shape index (κ1) is 23.0. The van der Waals surface area contributed by atoms with Crippen molar-refractivity contribution in [3.63, 3.8) is 0 Å². The summed E-state index contributed by atoms with van der Waals surface area (Å²) >= 11 is 0. The third-order valence-corrected chi connectivity index (χ3v) is 8.50. The van der Waals surface area contributed by atoms with Gasteiger partial charge in [0, 0.05) is 61.4 Å². The molecule has 4 heterocycles. The Morgan fingerprint density at radius 3 is 2.49 bits per heavy atom. The van der Waals surface area contributed by atoms with Gasteiger partial charge in [-0.15, -0.1) is 0 Å². The number of aromatic nitrogens is 1. The van der Waals surface area contributed by atoms with Crippen molar-refractivity contribution in [3.05, 3.63) is 29.5 Å².